The van der Waals surface area contributed by atoms with Crippen molar-refractivity contribution in [3.05, 3.63) is 40.1 Å². The number of hydrogen-bond acceptors (Lipinski definition) is 6. The van der Waals surface area contributed by atoms with Gasteiger partial charge in [0.25, 0.3) is 5.78 Å². The molecule has 27 heavy (non-hydrogen) atoms. The fourth-order valence-electron chi connectivity index (χ4n) is 2.00. The van der Waals surface area contributed by atoms with Gasteiger partial charge in [0.05, 0.1) is 10.7 Å². The lowest BCUT2D eigenvalue weighted by molar-refractivity contribution is -0.192. The van der Waals surface area contributed by atoms with E-state index in [0.717, 1.165) is 0 Å². The van der Waals surface area contributed by atoms with Gasteiger partial charge in [0.1, 0.15) is 12.1 Å². The first kappa shape index (κ1) is 20.7. The number of aliphatic carboxylic acids is 1. The van der Waals surface area contributed by atoms with Crippen molar-refractivity contribution >= 4 is 40.8 Å². The van der Waals surface area contributed by atoms with Gasteiger partial charge in [0, 0.05) is 22.7 Å². The zero-order valence-corrected chi connectivity index (χ0v) is 14.7. The van der Waals surface area contributed by atoms with Gasteiger partial charge in [-0.05, 0) is 18.2 Å². The number of alkyl halides is 3. The maximum Gasteiger partial charge on any atom is 0.490 e. The lowest BCUT2D eigenvalue weighted by atomic mass is 10.1. The number of nitrogens with zero attached hydrogens (tertiary/aromatic N) is 4. The fraction of sp³-hybridized carbons (Fsp3) is 0.143. The number of carboxylic acid groups (broad SMARTS) is 1. The summed E-state index contributed by atoms with van der Waals surface area (Å²) in [6.45, 7) is 0.211. The minimum Gasteiger partial charge on any atom is -0.475 e. The van der Waals surface area contributed by atoms with Gasteiger partial charge in [-0.3, -0.25) is 0 Å². The molecule has 5 N–H and O–H groups in total. The molecule has 0 aliphatic heterocycles. The maximum absolute atomic E-state index is 10.6. The van der Waals surface area contributed by atoms with E-state index in [9.17, 15) is 13.2 Å². The second-order valence-corrected chi connectivity index (χ2v) is 5.77. The summed E-state index contributed by atoms with van der Waals surface area (Å²) in [5, 5.41) is 12.2. The van der Waals surface area contributed by atoms with Crippen LogP contribution in [-0.2, 0) is 11.3 Å². The molecule has 3 aromatic rings. The van der Waals surface area contributed by atoms with E-state index in [1.165, 1.54) is 10.8 Å². The number of carbonyl (C=O) groups is 1. The Hall–Kier alpha value is -2.63. The molecule has 144 valence electrons. The minimum atomic E-state index is -5.08. The molecule has 0 aliphatic carbocycles. The van der Waals surface area contributed by atoms with Crippen LogP contribution < -0.4 is 11.5 Å². The van der Waals surface area contributed by atoms with E-state index in [1.807, 2.05) is 0 Å². The van der Waals surface area contributed by atoms with Crippen LogP contribution in [0.4, 0.5) is 19.0 Å². The van der Waals surface area contributed by atoms with Gasteiger partial charge < -0.3 is 16.6 Å². The Bertz CT molecular complexity index is 993. The number of nitrogen functional groups attached to an aromatic ring is 1. The van der Waals surface area contributed by atoms with Crippen molar-refractivity contribution in [3.8, 4) is 11.3 Å². The Kier molecular flexibility index (Phi) is 6.08. The van der Waals surface area contributed by atoms with Gasteiger partial charge in [-0.2, -0.15) is 27.8 Å². The van der Waals surface area contributed by atoms with Crippen LogP contribution in [-0.4, -0.2) is 36.8 Å². The smallest absolute Gasteiger partial charge is 0.475 e. The fourth-order valence-corrected chi connectivity index (χ4v) is 2.50. The Labute approximate surface area is 159 Å². The molecule has 2 heterocycles. The second-order valence-electron chi connectivity index (χ2n) is 4.93. The summed E-state index contributed by atoms with van der Waals surface area (Å²) < 4.78 is 33.2. The Balaban J connectivity index is 0.000000321. The molecule has 0 radical (unpaired) electrons. The van der Waals surface area contributed by atoms with Crippen molar-refractivity contribution < 1.29 is 23.1 Å². The molecule has 2 aromatic heterocycles. The van der Waals surface area contributed by atoms with E-state index in [4.69, 9.17) is 44.6 Å². The molecule has 0 unspecified atom stereocenters. The van der Waals surface area contributed by atoms with E-state index in [0.29, 0.717) is 38.5 Å². The summed E-state index contributed by atoms with van der Waals surface area (Å²) in [4.78, 5) is 17.4. The van der Waals surface area contributed by atoms with Crippen LogP contribution >= 0.6 is 23.2 Å². The summed E-state index contributed by atoms with van der Waals surface area (Å²) in [6, 6.07) is 5.15. The van der Waals surface area contributed by atoms with Crippen molar-refractivity contribution in [2.45, 2.75) is 12.7 Å². The van der Waals surface area contributed by atoms with Crippen molar-refractivity contribution in [3.63, 3.8) is 0 Å². The van der Waals surface area contributed by atoms with Gasteiger partial charge in [-0.15, -0.1) is 0 Å². The molecule has 0 fully saturated rings. The predicted octanol–water partition coefficient (Wildman–Crippen LogP) is 2.77. The zero-order valence-electron chi connectivity index (χ0n) is 13.2. The number of hydrogen-bond donors (Lipinski definition) is 3. The monoisotopic (exact) mass is 422 g/mol. The molecular weight excluding hydrogens is 412 g/mol. The highest BCUT2D eigenvalue weighted by atomic mass is 35.5. The highest BCUT2D eigenvalue weighted by molar-refractivity contribution is 6.36. The van der Waals surface area contributed by atoms with Crippen LogP contribution in [0.25, 0.3) is 17.0 Å². The molecule has 8 nitrogen and oxygen atoms in total. The molecule has 1 aromatic carbocycles. The Morgan fingerprint density at radius 1 is 1.30 bits per heavy atom. The summed E-state index contributed by atoms with van der Waals surface area (Å²) in [7, 11) is 0. The Morgan fingerprint density at radius 2 is 1.93 bits per heavy atom. The van der Waals surface area contributed by atoms with Gasteiger partial charge in [-0.25, -0.2) is 9.78 Å². The third-order valence-electron chi connectivity index (χ3n) is 3.20. The lowest BCUT2D eigenvalue weighted by Crippen LogP contribution is -2.21. The highest BCUT2D eigenvalue weighted by Gasteiger charge is 2.38. The molecule has 0 saturated heterocycles. The third kappa shape index (κ3) is 4.56. The second kappa shape index (κ2) is 7.94. The standard InChI is InChI=1S/C12H10Cl2N6.C2HF3O2/c13-6-1-2-7(9(14)3-6)10-8(4-15)11(16)20-12(19-10)17-5-18-20;3-2(4,5)1(6)7/h1-3,5H,4,15-16H2;(H,6,7). The van der Waals surface area contributed by atoms with E-state index in [-0.39, 0.29) is 6.54 Å². The molecule has 13 heteroatoms. The normalized spacial score (nSPS) is 11.2. The molecule has 0 spiro atoms. The van der Waals surface area contributed by atoms with E-state index in [1.54, 1.807) is 18.2 Å². The first-order valence-electron chi connectivity index (χ1n) is 7.00. The average molecular weight is 423 g/mol. The molecule has 0 saturated carbocycles. The Morgan fingerprint density at radius 3 is 2.44 bits per heavy atom. The lowest BCUT2D eigenvalue weighted by Gasteiger charge is -2.12. The van der Waals surface area contributed by atoms with Gasteiger partial charge in [-0.1, -0.05) is 23.2 Å². The topological polar surface area (TPSA) is 132 Å². The van der Waals surface area contributed by atoms with Gasteiger partial charge >= 0.3 is 12.1 Å². The number of rotatable bonds is 2. The number of aromatic nitrogens is 4. The van der Waals surface area contributed by atoms with Gasteiger partial charge in [0.15, 0.2) is 0 Å². The van der Waals surface area contributed by atoms with Crippen molar-refractivity contribution in [1.82, 2.24) is 19.6 Å². The minimum absolute atomic E-state index is 0.211. The number of nitrogens with two attached hydrogens (primary N) is 2. The predicted molar refractivity (Wildman–Crippen MR) is 92.2 cm³/mol. The van der Waals surface area contributed by atoms with Crippen LogP contribution in [0.2, 0.25) is 10.0 Å². The van der Waals surface area contributed by atoms with Crippen LogP contribution in [0.1, 0.15) is 5.56 Å². The highest BCUT2D eigenvalue weighted by Crippen LogP contribution is 2.33. The van der Waals surface area contributed by atoms with Crippen LogP contribution in [0.5, 0.6) is 0 Å². The van der Waals surface area contributed by atoms with Crippen LogP contribution in [0, 0.1) is 0 Å². The van der Waals surface area contributed by atoms with Crippen molar-refractivity contribution in [2.24, 2.45) is 5.73 Å². The summed E-state index contributed by atoms with van der Waals surface area (Å²) in [5.41, 5.74) is 13.8. The van der Waals surface area contributed by atoms with Crippen molar-refractivity contribution in [2.75, 3.05) is 5.73 Å². The zero-order chi connectivity index (χ0) is 20.4. The number of anilines is 1. The molecular formula is C14H11Cl2F3N6O2. The summed E-state index contributed by atoms with van der Waals surface area (Å²) >= 11 is 12.1. The maximum atomic E-state index is 10.6. The molecule has 0 atom stereocenters. The largest absolute Gasteiger partial charge is 0.490 e. The molecule has 0 bridgehead atoms. The molecule has 3 rings (SSSR count). The summed E-state index contributed by atoms with van der Waals surface area (Å²) in [5.74, 6) is -1.97. The van der Waals surface area contributed by atoms with Gasteiger partial charge in [0.2, 0.25) is 0 Å². The quantitative estimate of drug-likeness (QED) is 0.577. The SMILES string of the molecule is NCc1c(-c2ccc(Cl)cc2Cl)nc2ncnn2c1N.O=C(O)C(F)(F)F. The number of benzene rings is 1. The first-order chi connectivity index (χ1) is 12.6. The van der Waals surface area contributed by atoms with E-state index in [2.05, 4.69) is 15.1 Å². The average Bonchev–Trinajstić information content (AvgIpc) is 3.03. The van der Waals surface area contributed by atoms with Crippen LogP contribution in [0.3, 0.4) is 0 Å². The number of halogens is 5. The number of carboxylic acids is 1. The first-order valence-corrected chi connectivity index (χ1v) is 7.75. The van der Waals surface area contributed by atoms with E-state index < -0.39 is 12.1 Å². The van der Waals surface area contributed by atoms with Crippen molar-refractivity contribution in [1.29, 1.82) is 0 Å². The summed E-state index contributed by atoms with van der Waals surface area (Å²) in [6.07, 6.45) is -3.70. The van der Waals surface area contributed by atoms with E-state index >= 15 is 0 Å². The molecule has 0 aliphatic rings. The number of fused-ring (bicyclic) bond motifs is 1. The van der Waals surface area contributed by atoms with Crippen LogP contribution in [0.15, 0.2) is 24.5 Å². The third-order valence-corrected chi connectivity index (χ3v) is 3.75. The molecule has 0 amide bonds.